The molecule has 2 nitrogen and oxygen atoms in total. The summed E-state index contributed by atoms with van der Waals surface area (Å²) in [4.78, 5) is 8.49. The third-order valence-electron chi connectivity index (χ3n) is 2.04. The molecule has 1 heterocycles. The first-order valence-electron chi connectivity index (χ1n) is 4.86. The van der Waals surface area contributed by atoms with Crippen LogP contribution in [0.3, 0.4) is 0 Å². The van der Waals surface area contributed by atoms with Gasteiger partial charge in [0.05, 0.1) is 5.69 Å². The maximum absolute atomic E-state index is 4.37. The van der Waals surface area contributed by atoms with Crippen molar-refractivity contribution in [3.8, 4) is 0 Å². The van der Waals surface area contributed by atoms with E-state index in [1.54, 1.807) is 6.20 Å². The molecule has 2 heteroatoms. The first-order chi connectivity index (χ1) is 7.34. The summed E-state index contributed by atoms with van der Waals surface area (Å²) in [7, 11) is 0. The van der Waals surface area contributed by atoms with Crippen molar-refractivity contribution in [3.05, 3.63) is 59.9 Å². The van der Waals surface area contributed by atoms with Crippen LogP contribution in [0.4, 0.5) is 5.69 Å². The minimum atomic E-state index is 0.936. The molecule has 0 aliphatic rings. The molecule has 0 spiro atoms. The number of aryl methyl sites for hydroxylation is 1. The Balaban J connectivity index is 2.19. The lowest BCUT2D eigenvalue weighted by Crippen LogP contribution is -1.80. The summed E-state index contributed by atoms with van der Waals surface area (Å²) in [5, 5.41) is 0. The number of nitrogens with zero attached hydrogens (tertiary/aromatic N) is 2. The Hall–Kier alpha value is -1.96. The van der Waals surface area contributed by atoms with E-state index in [1.165, 1.54) is 0 Å². The highest BCUT2D eigenvalue weighted by molar-refractivity contribution is 5.81. The van der Waals surface area contributed by atoms with Gasteiger partial charge in [-0.05, 0) is 24.6 Å². The first kappa shape index (κ1) is 9.59. The largest absolute Gasteiger partial charge is 0.261 e. The fourth-order valence-electron chi connectivity index (χ4n) is 1.30. The number of rotatable bonds is 2. The van der Waals surface area contributed by atoms with Gasteiger partial charge >= 0.3 is 0 Å². The van der Waals surface area contributed by atoms with E-state index in [0.29, 0.717) is 0 Å². The van der Waals surface area contributed by atoms with Crippen molar-refractivity contribution in [2.24, 2.45) is 4.99 Å². The summed E-state index contributed by atoms with van der Waals surface area (Å²) in [6.45, 7) is 1.96. The summed E-state index contributed by atoms with van der Waals surface area (Å²) < 4.78 is 0. The van der Waals surface area contributed by atoms with E-state index in [-0.39, 0.29) is 0 Å². The highest BCUT2D eigenvalue weighted by Gasteiger charge is 1.89. The SMILES string of the molecule is Cc1cc(N=Cc2ccccc2)ccn1. The zero-order chi connectivity index (χ0) is 10.5. The quantitative estimate of drug-likeness (QED) is 0.677. The molecule has 0 saturated heterocycles. The normalized spacial score (nSPS) is 10.7. The predicted octanol–water partition coefficient (Wildman–Crippen LogP) is 3.14. The molecule has 0 unspecified atom stereocenters. The monoisotopic (exact) mass is 196 g/mol. The predicted molar refractivity (Wildman–Crippen MR) is 62.7 cm³/mol. The van der Waals surface area contributed by atoms with Crippen LogP contribution in [0.2, 0.25) is 0 Å². The zero-order valence-electron chi connectivity index (χ0n) is 8.59. The van der Waals surface area contributed by atoms with E-state index in [0.717, 1.165) is 16.9 Å². The van der Waals surface area contributed by atoms with Crippen molar-refractivity contribution in [1.82, 2.24) is 4.98 Å². The van der Waals surface area contributed by atoms with Crippen molar-refractivity contribution < 1.29 is 0 Å². The lowest BCUT2D eigenvalue weighted by Gasteiger charge is -1.94. The van der Waals surface area contributed by atoms with Gasteiger partial charge in [0.25, 0.3) is 0 Å². The van der Waals surface area contributed by atoms with Gasteiger partial charge in [-0.3, -0.25) is 9.98 Å². The molecule has 0 atom stereocenters. The van der Waals surface area contributed by atoms with Crippen molar-refractivity contribution in [3.63, 3.8) is 0 Å². The standard InChI is InChI=1S/C13H12N2/c1-11-9-13(7-8-14-11)15-10-12-5-3-2-4-6-12/h2-10H,1H3. The van der Waals surface area contributed by atoms with E-state index < -0.39 is 0 Å². The molecule has 15 heavy (non-hydrogen) atoms. The fraction of sp³-hybridized carbons (Fsp3) is 0.0769. The highest BCUT2D eigenvalue weighted by atomic mass is 14.7. The molecular weight excluding hydrogens is 184 g/mol. The van der Waals surface area contributed by atoms with Crippen LogP contribution < -0.4 is 0 Å². The lowest BCUT2D eigenvalue weighted by molar-refractivity contribution is 1.20. The second-order valence-electron chi connectivity index (χ2n) is 3.32. The van der Waals surface area contributed by atoms with Gasteiger partial charge in [0.15, 0.2) is 0 Å². The van der Waals surface area contributed by atoms with Crippen molar-refractivity contribution in [2.75, 3.05) is 0 Å². The Bertz CT molecular complexity index is 461. The fourth-order valence-corrected chi connectivity index (χ4v) is 1.30. The van der Waals surface area contributed by atoms with Crippen molar-refractivity contribution in [1.29, 1.82) is 0 Å². The van der Waals surface area contributed by atoms with E-state index in [4.69, 9.17) is 0 Å². The minimum absolute atomic E-state index is 0.936. The number of hydrogen-bond donors (Lipinski definition) is 0. The van der Waals surface area contributed by atoms with Crippen LogP contribution in [0.25, 0.3) is 0 Å². The zero-order valence-corrected chi connectivity index (χ0v) is 8.59. The van der Waals surface area contributed by atoms with Crippen LogP contribution in [-0.4, -0.2) is 11.2 Å². The first-order valence-corrected chi connectivity index (χ1v) is 4.86. The summed E-state index contributed by atoms with van der Waals surface area (Å²) in [6, 6.07) is 13.9. The van der Waals surface area contributed by atoms with Gasteiger partial charge < -0.3 is 0 Å². The van der Waals surface area contributed by atoms with E-state index in [1.807, 2.05) is 55.6 Å². The molecule has 0 fully saturated rings. The minimum Gasteiger partial charge on any atom is -0.261 e. The molecule has 0 aliphatic carbocycles. The molecule has 1 aromatic carbocycles. The number of aliphatic imine (C=N–C) groups is 1. The Labute approximate surface area is 89.3 Å². The van der Waals surface area contributed by atoms with Crippen LogP contribution in [0.5, 0.6) is 0 Å². The average molecular weight is 196 g/mol. The molecule has 0 bridgehead atoms. The summed E-state index contributed by atoms with van der Waals surface area (Å²) in [5.74, 6) is 0. The van der Waals surface area contributed by atoms with E-state index >= 15 is 0 Å². The van der Waals surface area contributed by atoms with Gasteiger partial charge in [-0.2, -0.15) is 0 Å². The van der Waals surface area contributed by atoms with Crippen LogP contribution in [0, 0.1) is 6.92 Å². The number of aromatic nitrogens is 1. The molecular formula is C13H12N2. The molecule has 0 aliphatic heterocycles. The topological polar surface area (TPSA) is 25.2 Å². The summed E-state index contributed by atoms with van der Waals surface area (Å²) >= 11 is 0. The molecule has 0 N–H and O–H groups in total. The Morgan fingerprint density at radius 1 is 1.13 bits per heavy atom. The van der Waals surface area contributed by atoms with Gasteiger partial charge in [-0.1, -0.05) is 30.3 Å². The molecule has 1 aromatic heterocycles. The van der Waals surface area contributed by atoms with Crippen LogP contribution in [0.15, 0.2) is 53.7 Å². The van der Waals surface area contributed by atoms with Gasteiger partial charge in [0, 0.05) is 18.1 Å². The Kier molecular flexibility index (Phi) is 2.88. The highest BCUT2D eigenvalue weighted by Crippen LogP contribution is 2.11. The van der Waals surface area contributed by atoms with Crippen LogP contribution >= 0.6 is 0 Å². The number of hydrogen-bond acceptors (Lipinski definition) is 2. The Morgan fingerprint density at radius 3 is 2.67 bits per heavy atom. The van der Waals surface area contributed by atoms with E-state index in [2.05, 4.69) is 9.98 Å². The lowest BCUT2D eigenvalue weighted by atomic mass is 10.2. The molecule has 0 radical (unpaired) electrons. The van der Waals surface area contributed by atoms with Crippen molar-refractivity contribution >= 4 is 11.9 Å². The smallest absolute Gasteiger partial charge is 0.0663 e. The summed E-state index contributed by atoms with van der Waals surface area (Å²) in [5.41, 5.74) is 3.02. The average Bonchev–Trinajstić information content (AvgIpc) is 2.28. The van der Waals surface area contributed by atoms with Crippen molar-refractivity contribution in [2.45, 2.75) is 6.92 Å². The third-order valence-corrected chi connectivity index (χ3v) is 2.04. The number of benzene rings is 1. The van der Waals surface area contributed by atoms with Gasteiger partial charge in [-0.25, -0.2) is 0 Å². The van der Waals surface area contributed by atoms with Gasteiger partial charge in [0.2, 0.25) is 0 Å². The molecule has 2 rings (SSSR count). The van der Waals surface area contributed by atoms with Crippen LogP contribution in [0.1, 0.15) is 11.3 Å². The second kappa shape index (κ2) is 4.51. The third kappa shape index (κ3) is 2.74. The molecule has 0 amide bonds. The summed E-state index contributed by atoms with van der Waals surface area (Å²) in [6.07, 6.45) is 3.63. The van der Waals surface area contributed by atoms with Crippen LogP contribution in [-0.2, 0) is 0 Å². The maximum Gasteiger partial charge on any atom is 0.0663 e. The maximum atomic E-state index is 4.37. The molecule has 74 valence electrons. The van der Waals surface area contributed by atoms with Gasteiger partial charge in [-0.15, -0.1) is 0 Å². The van der Waals surface area contributed by atoms with E-state index in [9.17, 15) is 0 Å². The second-order valence-corrected chi connectivity index (χ2v) is 3.32. The molecule has 2 aromatic rings. The Morgan fingerprint density at radius 2 is 1.93 bits per heavy atom. The number of pyridine rings is 1. The van der Waals surface area contributed by atoms with Gasteiger partial charge in [0.1, 0.15) is 0 Å². The molecule has 0 saturated carbocycles.